The van der Waals surface area contributed by atoms with Gasteiger partial charge < -0.3 is 20.5 Å². The van der Waals surface area contributed by atoms with E-state index in [2.05, 4.69) is 10.6 Å². The molecule has 1 fully saturated rings. The molecule has 2 unspecified atom stereocenters. The highest BCUT2D eigenvalue weighted by atomic mass is 16.5. The molecule has 2 atom stereocenters. The van der Waals surface area contributed by atoms with Crippen molar-refractivity contribution in [2.75, 3.05) is 19.8 Å². The summed E-state index contributed by atoms with van der Waals surface area (Å²) in [4.78, 5) is 11.2. The summed E-state index contributed by atoms with van der Waals surface area (Å²) in [6.45, 7) is 3.52. The Morgan fingerprint density at radius 2 is 2.50 bits per heavy atom. The van der Waals surface area contributed by atoms with Gasteiger partial charge in [-0.3, -0.25) is 0 Å². The Balaban J connectivity index is 2.03. The molecular formula is C9H18N2O3. The van der Waals surface area contributed by atoms with Crippen molar-refractivity contribution in [2.24, 2.45) is 0 Å². The third kappa shape index (κ3) is 4.43. The maximum absolute atomic E-state index is 11.2. The van der Waals surface area contributed by atoms with E-state index in [0.29, 0.717) is 19.6 Å². The van der Waals surface area contributed by atoms with Gasteiger partial charge in [-0.05, 0) is 19.8 Å². The zero-order valence-corrected chi connectivity index (χ0v) is 8.45. The lowest BCUT2D eigenvalue weighted by Crippen LogP contribution is -2.43. The lowest BCUT2D eigenvalue weighted by atomic mass is 10.3. The molecule has 82 valence electrons. The van der Waals surface area contributed by atoms with E-state index >= 15 is 0 Å². The normalized spacial score (nSPS) is 23.1. The number of carbonyl (C=O) groups excluding carboxylic acids is 1. The van der Waals surface area contributed by atoms with Gasteiger partial charge in [0.25, 0.3) is 0 Å². The van der Waals surface area contributed by atoms with Gasteiger partial charge in [0.15, 0.2) is 0 Å². The Bertz CT molecular complexity index is 179. The van der Waals surface area contributed by atoms with Crippen LogP contribution in [0.15, 0.2) is 0 Å². The van der Waals surface area contributed by atoms with Gasteiger partial charge >= 0.3 is 6.03 Å². The monoisotopic (exact) mass is 202 g/mol. The Labute approximate surface area is 83.8 Å². The van der Waals surface area contributed by atoms with E-state index in [4.69, 9.17) is 9.84 Å². The highest BCUT2D eigenvalue weighted by Crippen LogP contribution is 2.02. The fourth-order valence-electron chi connectivity index (χ4n) is 1.28. The Morgan fingerprint density at radius 1 is 1.71 bits per heavy atom. The summed E-state index contributed by atoms with van der Waals surface area (Å²) in [5, 5.41) is 14.4. The molecule has 1 aliphatic rings. The van der Waals surface area contributed by atoms with Crippen LogP contribution < -0.4 is 10.6 Å². The highest BCUT2D eigenvalue weighted by Gasteiger charge is 2.17. The lowest BCUT2D eigenvalue weighted by molar-refractivity contribution is 0.181. The first-order chi connectivity index (χ1) is 6.68. The van der Waals surface area contributed by atoms with Crippen LogP contribution in [-0.2, 0) is 4.74 Å². The largest absolute Gasteiger partial charge is 0.393 e. The van der Waals surface area contributed by atoms with Crippen molar-refractivity contribution in [3.05, 3.63) is 0 Å². The van der Waals surface area contributed by atoms with Crippen LogP contribution in [0.25, 0.3) is 0 Å². The number of rotatable bonds is 4. The van der Waals surface area contributed by atoms with Gasteiger partial charge in [0.05, 0.1) is 18.8 Å². The van der Waals surface area contributed by atoms with Crippen LogP contribution in [-0.4, -0.2) is 43.0 Å². The van der Waals surface area contributed by atoms with Crippen LogP contribution in [0.3, 0.4) is 0 Å². The van der Waals surface area contributed by atoms with Gasteiger partial charge in [0.2, 0.25) is 0 Å². The second kappa shape index (κ2) is 5.82. The molecule has 0 aromatic rings. The van der Waals surface area contributed by atoms with Gasteiger partial charge in [-0.25, -0.2) is 4.79 Å². The van der Waals surface area contributed by atoms with Gasteiger partial charge in [0, 0.05) is 13.2 Å². The zero-order valence-electron chi connectivity index (χ0n) is 8.45. The molecule has 0 aromatic carbocycles. The molecule has 0 saturated carbocycles. The van der Waals surface area contributed by atoms with Gasteiger partial charge in [0.1, 0.15) is 0 Å². The zero-order chi connectivity index (χ0) is 10.4. The molecular weight excluding hydrogens is 184 g/mol. The van der Waals surface area contributed by atoms with Crippen molar-refractivity contribution in [3.63, 3.8) is 0 Å². The fraction of sp³-hybridized carbons (Fsp3) is 0.889. The number of hydrogen-bond acceptors (Lipinski definition) is 3. The van der Waals surface area contributed by atoms with E-state index in [9.17, 15) is 4.79 Å². The average molecular weight is 202 g/mol. The molecule has 2 amide bonds. The maximum Gasteiger partial charge on any atom is 0.315 e. The minimum atomic E-state index is -0.370. The molecule has 3 N–H and O–H groups in total. The molecule has 14 heavy (non-hydrogen) atoms. The number of hydrogen-bond donors (Lipinski definition) is 3. The quantitative estimate of drug-likeness (QED) is 0.593. The number of aliphatic hydroxyl groups is 1. The van der Waals surface area contributed by atoms with Gasteiger partial charge in [-0.2, -0.15) is 0 Å². The molecule has 5 heteroatoms. The van der Waals surface area contributed by atoms with Crippen molar-refractivity contribution in [1.82, 2.24) is 10.6 Å². The number of amides is 2. The third-order valence-corrected chi connectivity index (χ3v) is 2.11. The highest BCUT2D eigenvalue weighted by molar-refractivity contribution is 5.74. The van der Waals surface area contributed by atoms with E-state index in [1.54, 1.807) is 6.92 Å². The van der Waals surface area contributed by atoms with Crippen LogP contribution in [0.4, 0.5) is 4.79 Å². The Hall–Kier alpha value is -0.810. The first kappa shape index (κ1) is 11.3. The summed E-state index contributed by atoms with van der Waals surface area (Å²) in [6, 6.07) is -0.0392. The molecule has 1 rings (SSSR count). The van der Waals surface area contributed by atoms with Crippen LogP contribution >= 0.6 is 0 Å². The average Bonchev–Trinajstić information content (AvgIpc) is 2.56. The number of nitrogens with one attached hydrogen (secondary N) is 2. The SMILES string of the molecule is CC(O)CCNC(=O)NC1CCOC1. The lowest BCUT2D eigenvalue weighted by Gasteiger charge is -2.12. The summed E-state index contributed by atoms with van der Waals surface area (Å²) in [5.41, 5.74) is 0. The molecule has 0 aliphatic carbocycles. The summed E-state index contributed by atoms with van der Waals surface area (Å²) >= 11 is 0. The minimum Gasteiger partial charge on any atom is -0.393 e. The van der Waals surface area contributed by atoms with Crippen molar-refractivity contribution < 1.29 is 14.6 Å². The van der Waals surface area contributed by atoms with Crippen molar-refractivity contribution in [1.29, 1.82) is 0 Å². The maximum atomic E-state index is 11.2. The van der Waals surface area contributed by atoms with Crippen molar-refractivity contribution in [2.45, 2.75) is 31.9 Å². The molecule has 1 saturated heterocycles. The second-order valence-corrected chi connectivity index (χ2v) is 3.60. The summed E-state index contributed by atoms with van der Waals surface area (Å²) < 4.78 is 5.12. The molecule has 5 nitrogen and oxygen atoms in total. The van der Waals surface area contributed by atoms with Crippen LogP contribution in [0, 0.1) is 0 Å². The summed E-state index contributed by atoms with van der Waals surface area (Å²) in [6.07, 6.45) is 1.09. The predicted octanol–water partition coefficient (Wildman–Crippen LogP) is -0.155. The molecule has 0 bridgehead atoms. The molecule has 1 aliphatic heterocycles. The van der Waals surface area contributed by atoms with Crippen molar-refractivity contribution in [3.8, 4) is 0 Å². The van der Waals surface area contributed by atoms with Crippen LogP contribution in [0.1, 0.15) is 19.8 Å². The molecule has 1 heterocycles. The first-order valence-corrected chi connectivity index (χ1v) is 4.98. The van der Waals surface area contributed by atoms with E-state index in [0.717, 1.165) is 13.0 Å². The van der Waals surface area contributed by atoms with E-state index in [-0.39, 0.29) is 18.2 Å². The van der Waals surface area contributed by atoms with E-state index < -0.39 is 0 Å². The standard InChI is InChI=1S/C9H18N2O3/c1-7(12)2-4-10-9(13)11-8-3-5-14-6-8/h7-8,12H,2-6H2,1H3,(H2,10,11,13). The fourth-order valence-corrected chi connectivity index (χ4v) is 1.28. The second-order valence-electron chi connectivity index (χ2n) is 3.60. The number of ether oxygens (including phenoxy) is 1. The Morgan fingerprint density at radius 3 is 3.07 bits per heavy atom. The predicted molar refractivity (Wildman–Crippen MR) is 52.1 cm³/mol. The molecule has 0 radical (unpaired) electrons. The summed E-state index contributed by atoms with van der Waals surface area (Å²) in [5.74, 6) is 0. The van der Waals surface area contributed by atoms with Gasteiger partial charge in [-0.1, -0.05) is 0 Å². The van der Waals surface area contributed by atoms with E-state index in [1.807, 2.05) is 0 Å². The number of aliphatic hydroxyl groups excluding tert-OH is 1. The first-order valence-electron chi connectivity index (χ1n) is 4.98. The van der Waals surface area contributed by atoms with Crippen molar-refractivity contribution >= 4 is 6.03 Å². The molecule has 0 aromatic heterocycles. The number of carbonyl (C=O) groups is 1. The van der Waals surface area contributed by atoms with Crippen LogP contribution in [0.5, 0.6) is 0 Å². The third-order valence-electron chi connectivity index (χ3n) is 2.11. The van der Waals surface area contributed by atoms with Crippen LogP contribution in [0.2, 0.25) is 0 Å². The summed E-state index contributed by atoms with van der Waals surface area (Å²) in [7, 11) is 0. The number of urea groups is 1. The van der Waals surface area contributed by atoms with E-state index in [1.165, 1.54) is 0 Å². The smallest absolute Gasteiger partial charge is 0.315 e. The topological polar surface area (TPSA) is 70.6 Å². The Kier molecular flexibility index (Phi) is 4.69. The van der Waals surface area contributed by atoms with Gasteiger partial charge in [-0.15, -0.1) is 0 Å². The minimum absolute atomic E-state index is 0.140. The molecule has 0 spiro atoms.